The minimum Gasteiger partial charge on any atom is -0.478 e. The van der Waals surface area contributed by atoms with Crippen molar-refractivity contribution in [1.82, 2.24) is 20.2 Å². The Morgan fingerprint density at radius 1 is 1.03 bits per heavy atom. The monoisotopic (exact) mass is 577 g/mol. The van der Waals surface area contributed by atoms with Gasteiger partial charge in [-0.2, -0.15) is 26.3 Å². The first-order valence-corrected chi connectivity index (χ1v) is 11.7. The maximum absolute atomic E-state index is 12.4. The molecule has 1 heterocycles. The number of carboxylic acid groups (broad SMARTS) is 1. The minimum atomic E-state index is -4.79. The lowest BCUT2D eigenvalue weighted by Crippen LogP contribution is -2.21. The predicted octanol–water partition coefficient (Wildman–Crippen LogP) is 5.91. The Bertz CT molecular complexity index is 1240. The van der Waals surface area contributed by atoms with Crippen LogP contribution in [0.5, 0.6) is 0 Å². The van der Waals surface area contributed by atoms with E-state index in [1.807, 2.05) is 19.0 Å². The van der Waals surface area contributed by atoms with Gasteiger partial charge in [0, 0.05) is 36.4 Å². The fourth-order valence-electron chi connectivity index (χ4n) is 3.20. The van der Waals surface area contributed by atoms with Gasteiger partial charge in [0.25, 0.3) is 0 Å². The zero-order valence-corrected chi connectivity index (χ0v) is 21.8. The highest BCUT2D eigenvalue weighted by Gasteiger charge is 2.36. The Labute approximate surface area is 225 Å². The highest BCUT2D eigenvalue weighted by Crippen LogP contribution is 2.36. The summed E-state index contributed by atoms with van der Waals surface area (Å²) >= 11 is 6.15. The Balaban J connectivity index is 0.000000283. The summed E-state index contributed by atoms with van der Waals surface area (Å²) in [5.41, 5.74) is -1.75. The minimum absolute atomic E-state index is 0.0197. The molecule has 0 saturated carbocycles. The zero-order valence-electron chi connectivity index (χ0n) is 21.1. The lowest BCUT2D eigenvalue weighted by molar-refractivity contribution is -0.143. The molecule has 0 saturated heterocycles. The average molecular weight is 578 g/mol. The van der Waals surface area contributed by atoms with Crippen molar-refractivity contribution in [3.05, 3.63) is 75.9 Å². The summed E-state index contributed by atoms with van der Waals surface area (Å²) in [4.78, 5) is 21.8. The second-order valence-corrected chi connectivity index (χ2v) is 8.82. The summed E-state index contributed by atoms with van der Waals surface area (Å²) in [6.45, 7) is 1.40. The highest BCUT2D eigenvalue weighted by atomic mass is 35.5. The maximum atomic E-state index is 12.4. The molecule has 39 heavy (non-hydrogen) atoms. The van der Waals surface area contributed by atoms with Crippen LogP contribution < -0.4 is 10.6 Å². The van der Waals surface area contributed by atoms with E-state index in [9.17, 15) is 36.2 Å². The summed E-state index contributed by atoms with van der Waals surface area (Å²) < 4.78 is 74.3. The van der Waals surface area contributed by atoms with Crippen LogP contribution in [0, 0.1) is 0 Å². The van der Waals surface area contributed by atoms with Gasteiger partial charge in [-0.05, 0) is 51.0 Å². The number of aromatic carboxylic acids is 1. The number of alkyl halides is 6. The molecule has 0 fully saturated rings. The molecule has 0 aliphatic carbocycles. The van der Waals surface area contributed by atoms with Crippen LogP contribution >= 0.6 is 11.6 Å². The van der Waals surface area contributed by atoms with Crippen LogP contribution in [0.2, 0.25) is 5.02 Å². The van der Waals surface area contributed by atoms with E-state index < -0.39 is 29.4 Å². The largest absolute Gasteiger partial charge is 0.478 e. The van der Waals surface area contributed by atoms with Crippen molar-refractivity contribution in [2.24, 2.45) is 0 Å². The second kappa shape index (κ2) is 13.6. The van der Waals surface area contributed by atoms with Gasteiger partial charge in [0.2, 0.25) is 5.95 Å². The van der Waals surface area contributed by atoms with E-state index in [1.165, 1.54) is 13.2 Å². The number of anilines is 1. The molecular weight excluding hydrogens is 552 g/mol. The van der Waals surface area contributed by atoms with Crippen LogP contribution in [0.4, 0.5) is 32.3 Å². The van der Waals surface area contributed by atoms with E-state index in [0.29, 0.717) is 40.9 Å². The number of halogens is 7. The average Bonchev–Trinajstić information content (AvgIpc) is 2.83. The number of rotatable bonds is 8. The van der Waals surface area contributed by atoms with Crippen molar-refractivity contribution in [2.75, 3.05) is 39.5 Å². The Hall–Kier alpha value is -3.42. The van der Waals surface area contributed by atoms with Crippen molar-refractivity contribution in [3.8, 4) is 11.3 Å². The van der Waals surface area contributed by atoms with Gasteiger partial charge < -0.3 is 20.6 Å². The first-order chi connectivity index (χ1) is 18.1. The molecule has 2 aromatic carbocycles. The van der Waals surface area contributed by atoms with Gasteiger partial charge in [-0.15, -0.1) is 0 Å². The summed E-state index contributed by atoms with van der Waals surface area (Å²) in [6.07, 6.45) is -8.28. The summed E-state index contributed by atoms with van der Waals surface area (Å²) in [5.74, 6) is -0.712. The first-order valence-electron chi connectivity index (χ1n) is 11.3. The van der Waals surface area contributed by atoms with Crippen molar-refractivity contribution in [3.63, 3.8) is 0 Å². The van der Waals surface area contributed by atoms with Crippen molar-refractivity contribution in [2.45, 2.75) is 18.9 Å². The Morgan fingerprint density at radius 3 is 2.10 bits per heavy atom. The molecule has 212 valence electrons. The summed E-state index contributed by atoms with van der Waals surface area (Å²) in [7, 11) is 5.37. The van der Waals surface area contributed by atoms with Crippen LogP contribution in [0.3, 0.4) is 0 Å². The fourth-order valence-corrected chi connectivity index (χ4v) is 3.42. The number of hydrogen-bond acceptors (Lipinski definition) is 6. The van der Waals surface area contributed by atoms with E-state index in [-0.39, 0.29) is 23.7 Å². The van der Waals surface area contributed by atoms with Gasteiger partial charge in [-0.25, -0.2) is 14.8 Å². The first kappa shape index (κ1) is 31.8. The standard InChI is InChI=1S/C15H17ClN4O2.C10H9F6N/c1-20(2)8-7-17-15-18-9-11(14(21)22)13(19-15)10-5-3-4-6-12(10)16;1-17-5-6-2-7(9(11,12)13)4-8(3-6)10(14,15)16/h3-6,9H,7-8H2,1-2H3,(H,21,22)(H,17,18,19);2-4,17H,5H2,1H3. The van der Waals surface area contributed by atoms with Gasteiger partial charge in [0.15, 0.2) is 0 Å². The van der Waals surface area contributed by atoms with Crippen LogP contribution in [0.1, 0.15) is 27.0 Å². The molecule has 3 rings (SSSR count). The Morgan fingerprint density at radius 2 is 1.62 bits per heavy atom. The number of carbonyl (C=O) groups is 1. The zero-order chi connectivity index (χ0) is 29.4. The smallest absolute Gasteiger partial charge is 0.416 e. The van der Waals surface area contributed by atoms with E-state index in [4.69, 9.17) is 11.6 Å². The number of carboxylic acids is 1. The SMILES string of the molecule is CN(C)CCNc1ncc(C(=O)O)c(-c2ccccc2Cl)n1.CNCc1cc(C(F)(F)F)cc(C(F)(F)F)c1. The number of aromatic nitrogens is 2. The van der Waals surface area contributed by atoms with Gasteiger partial charge in [-0.3, -0.25) is 0 Å². The predicted molar refractivity (Wildman–Crippen MR) is 136 cm³/mol. The van der Waals surface area contributed by atoms with Gasteiger partial charge >= 0.3 is 18.3 Å². The van der Waals surface area contributed by atoms with Crippen LogP contribution in [0.25, 0.3) is 11.3 Å². The highest BCUT2D eigenvalue weighted by molar-refractivity contribution is 6.33. The number of nitrogens with one attached hydrogen (secondary N) is 2. The quantitative estimate of drug-likeness (QED) is 0.287. The third-order valence-electron chi connectivity index (χ3n) is 5.02. The third kappa shape index (κ3) is 9.68. The van der Waals surface area contributed by atoms with Crippen LogP contribution in [-0.4, -0.2) is 60.2 Å². The summed E-state index contributed by atoms with van der Waals surface area (Å²) in [6, 6.07) is 8.51. The van der Waals surface area contributed by atoms with E-state index >= 15 is 0 Å². The third-order valence-corrected chi connectivity index (χ3v) is 5.35. The molecule has 3 aromatic rings. The van der Waals surface area contributed by atoms with Crippen molar-refractivity contribution in [1.29, 1.82) is 0 Å². The molecule has 7 nitrogen and oxygen atoms in total. The van der Waals surface area contributed by atoms with Crippen molar-refractivity contribution >= 4 is 23.5 Å². The fraction of sp³-hybridized carbons (Fsp3) is 0.320. The summed E-state index contributed by atoms with van der Waals surface area (Å²) in [5, 5.41) is 15.3. The molecule has 0 atom stereocenters. The molecule has 0 radical (unpaired) electrons. The molecule has 1 aromatic heterocycles. The second-order valence-electron chi connectivity index (χ2n) is 8.42. The topological polar surface area (TPSA) is 90.4 Å². The number of benzene rings is 2. The van der Waals surface area contributed by atoms with Crippen LogP contribution in [0.15, 0.2) is 48.7 Å². The Kier molecular flexibility index (Phi) is 11.1. The molecule has 3 N–H and O–H groups in total. The molecule has 0 spiro atoms. The normalized spacial score (nSPS) is 11.7. The molecule has 14 heteroatoms. The lowest BCUT2D eigenvalue weighted by Gasteiger charge is -2.13. The lowest BCUT2D eigenvalue weighted by atomic mass is 10.0. The van der Waals surface area contributed by atoms with E-state index in [0.717, 1.165) is 6.54 Å². The molecule has 0 aliphatic heterocycles. The molecular formula is C25H26ClF6N5O2. The molecule has 0 unspecified atom stereocenters. The van der Waals surface area contributed by atoms with Crippen molar-refractivity contribution < 1.29 is 36.2 Å². The maximum Gasteiger partial charge on any atom is 0.416 e. The number of hydrogen-bond donors (Lipinski definition) is 3. The van der Waals surface area contributed by atoms with Crippen LogP contribution in [-0.2, 0) is 18.9 Å². The van der Waals surface area contributed by atoms with Gasteiger partial charge in [-0.1, -0.05) is 29.8 Å². The number of likely N-dealkylation sites (N-methyl/N-ethyl adjacent to an activating group) is 1. The van der Waals surface area contributed by atoms with Gasteiger partial charge in [0.05, 0.1) is 16.8 Å². The molecule has 0 aliphatic rings. The van der Waals surface area contributed by atoms with Gasteiger partial charge in [0.1, 0.15) is 5.56 Å². The van der Waals surface area contributed by atoms with E-state index in [1.54, 1.807) is 24.3 Å². The molecule has 0 amide bonds. The molecule has 0 bridgehead atoms. The van der Waals surface area contributed by atoms with E-state index in [2.05, 4.69) is 20.6 Å². The number of nitrogens with zero attached hydrogens (tertiary/aromatic N) is 3.